The van der Waals surface area contributed by atoms with E-state index in [1.54, 1.807) is 24.5 Å². The van der Waals surface area contributed by atoms with Crippen molar-refractivity contribution in [1.29, 1.82) is 0 Å². The number of hydrogen-bond acceptors (Lipinski definition) is 5. The second-order valence-corrected chi connectivity index (χ2v) is 7.66. The van der Waals surface area contributed by atoms with Gasteiger partial charge in [-0.05, 0) is 55.0 Å². The highest BCUT2D eigenvalue weighted by Gasteiger charge is 2.38. The average Bonchev–Trinajstić information content (AvgIpc) is 3.48. The highest BCUT2D eigenvalue weighted by Crippen LogP contribution is 2.34. The first-order valence-corrected chi connectivity index (χ1v) is 9.82. The van der Waals surface area contributed by atoms with Crippen molar-refractivity contribution >= 4 is 11.5 Å². The molecule has 7 heteroatoms. The Balaban J connectivity index is 1.55. The van der Waals surface area contributed by atoms with E-state index in [1.807, 2.05) is 28.8 Å². The lowest BCUT2D eigenvalue weighted by Crippen LogP contribution is -2.44. The number of aromatic nitrogens is 4. The molecule has 4 aromatic rings. The smallest absolute Gasteiger partial charge is 0.155 e. The molecule has 3 aromatic heterocycles. The summed E-state index contributed by atoms with van der Waals surface area (Å²) in [6.45, 7) is 1.99. The SMILES string of the molecule is Fc1ccc(-c2nc3ccc(N4C[C@@H]5C[C@@H]4CN5)nn3c2-c2ccncc2)cc1. The molecular formula is C22H19FN6. The fraction of sp³-hybridized carbons (Fsp3) is 0.227. The van der Waals surface area contributed by atoms with E-state index in [1.165, 1.54) is 18.6 Å². The number of nitrogens with one attached hydrogen (secondary N) is 1. The van der Waals surface area contributed by atoms with Crippen LogP contribution < -0.4 is 10.2 Å². The van der Waals surface area contributed by atoms with E-state index < -0.39 is 0 Å². The van der Waals surface area contributed by atoms with Crippen LogP contribution in [-0.4, -0.2) is 44.8 Å². The number of imidazole rings is 1. The average molecular weight is 386 g/mol. The van der Waals surface area contributed by atoms with E-state index in [0.29, 0.717) is 12.1 Å². The predicted octanol–water partition coefficient (Wildman–Crippen LogP) is 3.15. The van der Waals surface area contributed by atoms with E-state index in [2.05, 4.69) is 15.2 Å². The Kier molecular flexibility index (Phi) is 3.64. The number of piperazine rings is 1. The van der Waals surface area contributed by atoms with Gasteiger partial charge in [0.25, 0.3) is 0 Å². The van der Waals surface area contributed by atoms with Crippen LogP contribution in [0, 0.1) is 5.82 Å². The van der Waals surface area contributed by atoms with E-state index >= 15 is 0 Å². The Hall–Kier alpha value is -3.32. The van der Waals surface area contributed by atoms with Crippen molar-refractivity contribution in [3.05, 3.63) is 66.7 Å². The lowest BCUT2D eigenvalue weighted by Gasteiger charge is -2.28. The number of anilines is 1. The zero-order valence-corrected chi connectivity index (χ0v) is 15.7. The second kappa shape index (κ2) is 6.35. The van der Waals surface area contributed by atoms with E-state index in [-0.39, 0.29) is 5.82 Å². The van der Waals surface area contributed by atoms with Gasteiger partial charge in [0.1, 0.15) is 17.3 Å². The number of nitrogens with zero attached hydrogens (tertiary/aromatic N) is 5. The van der Waals surface area contributed by atoms with Crippen molar-refractivity contribution in [2.24, 2.45) is 0 Å². The van der Waals surface area contributed by atoms with Crippen LogP contribution in [0.2, 0.25) is 0 Å². The van der Waals surface area contributed by atoms with Gasteiger partial charge in [-0.15, -0.1) is 5.10 Å². The second-order valence-electron chi connectivity index (χ2n) is 7.66. The third kappa shape index (κ3) is 2.69. The third-order valence-electron chi connectivity index (χ3n) is 5.89. The number of hydrogen-bond donors (Lipinski definition) is 1. The van der Waals surface area contributed by atoms with Gasteiger partial charge in [-0.25, -0.2) is 13.9 Å². The maximum Gasteiger partial charge on any atom is 0.155 e. The molecule has 1 aromatic carbocycles. The van der Waals surface area contributed by atoms with Gasteiger partial charge in [0.15, 0.2) is 5.65 Å². The third-order valence-corrected chi connectivity index (χ3v) is 5.89. The Labute approximate surface area is 167 Å². The molecule has 2 saturated heterocycles. The maximum absolute atomic E-state index is 13.5. The number of pyridine rings is 1. The first-order chi connectivity index (χ1) is 14.3. The molecule has 2 atom stereocenters. The van der Waals surface area contributed by atoms with Crippen LogP contribution in [0.4, 0.5) is 10.2 Å². The summed E-state index contributed by atoms with van der Waals surface area (Å²) in [5, 5.41) is 8.51. The predicted molar refractivity (Wildman–Crippen MR) is 109 cm³/mol. The van der Waals surface area contributed by atoms with Crippen LogP contribution in [-0.2, 0) is 0 Å². The first kappa shape index (κ1) is 16.6. The van der Waals surface area contributed by atoms with Crippen LogP contribution >= 0.6 is 0 Å². The largest absolute Gasteiger partial charge is 0.349 e. The number of rotatable bonds is 3. The Morgan fingerprint density at radius 2 is 1.79 bits per heavy atom. The van der Waals surface area contributed by atoms with Crippen molar-refractivity contribution in [3.63, 3.8) is 0 Å². The van der Waals surface area contributed by atoms with Crippen LogP contribution in [0.15, 0.2) is 60.9 Å². The molecule has 1 N–H and O–H groups in total. The number of halogens is 1. The summed E-state index contributed by atoms with van der Waals surface area (Å²) in [5.74, 6) is 0.700. The Bertz CT molecular complexity index is 1190. The van der Waals surface area contributed by atoms with Gasteiger partial charge in [-0.2, -0.15) is 0 Å². The summed E-state index contributed by atoms with van der Waals surface area (Å²) in [5.41, 5.74) is 4.27. The summed E-state index contributed by atoms with van der Waals surface area (Å²) < 4.78 is 15.4. The quantitative estimate of drug-likeness (QED) is 0.586. The van der Waals surface area contributed by atoms with Gasteiger partial charge >= 0.3 is 0 Å². The lowest BCUT2D eigenvalue weighted by atomic mass is 10.1. The van der Waals surface area contributed by atoms with Crippen LogP contribution in [0.1, 0.15) is 6.42 Å². The standard InChI is InChI=1S/C22H19FN6/c23-16-3-1-14(2-4-16)21-22(15-7-9-24-10-8-15)29-19(26-21)5-6-20(27-29)28-13-17-11-18(28)12-25-17/h1-10,17-18,25H,11-13H2/t17-,18+/m0/s1. The Morgan fingerprint density at radius 1 is 0.966 bits per heavy atom. The van der Waals surface area contributed by atoms with Crippen molar-refractivity contribution in [1.82, 2.24) is 24.9 Å². The molecule has 0 spiro atoms. The topological polar surface area (TPSA) is 58.4 Å². The molecule has 2 fully saturated rings. The molecule has 6 rings (SSSR count). The molecule has 0 saturated carbocycles. The van der Waals surface area contributed by atoms with Crippen molar-refractivity contribution < 1.29 is 4.39 Å². The fourth-order valence-corrected chi connectivity index (χ4v) is 4.50. The number of fused-ring (bicyclic) bond motifs is 3. The van der Waals surface area contributed by atoms with Gasteiger partial charge in [0.2, 0.25) is 0 Å². The van der Waals surface area contributed by atoms with Crippen LogP contribution in [0.3, 0.4) is 0 Å². The maximum atomic E-state index is 13.5. The molecule has 29 heavy (non-hydrogen) atoms. The molecule has 5 heterocycles. The first-order valence-electron chi connectivity index (χ1n) is 9.82. The summed E-state index contributed by atoms with van der Waals surface area (Å²) >= 11 is 0. The highest BCUT2D eigenvalue weighted by atomic mass is 19.1. The minimum atomic E-state index is -0.263. The number of benzene rings is 1. The lowest BCUT2D eigenvalue weighted by molar-refractivity contribution is 0.573. The summed E-state index contributed by atoms with van der Waals surface area (Å²) in [7, 11) is 0. The van der Waals surface area contributed by atoms with Gasteiger partial charge in [0, 0.05) is 48.7 Å². The van der Waals surface area contributed by atoms with Gasteiger partial charge < -0.3 is 10.2 Å². The minimum Gasteiger partial charge on any atom is -0.349 e. The normalized spacial score (nSPS) is 20.7. The fourth-order valence-electron chi connectivity index (χ4n) is 4.50. The van der Waals surface area contributed by atoms with E-state index in [9.17, 15) is 4.39 Å². The molecule has 2 bridgehead atoms. The van der Waals surface area contributed by atoms with Gasteiger partial charge in [-0.3, -0.25) is 4.98 Å². The zero-order chi connectivity index (χ0) is 19.4. The van der Waals surface area contributed by atoms with Crippen molar-refractivity contribution in [3.8, 4) is 22.5 Å². The molecular weight excluding hydrogens is 367 g/mol. The zero-order valence-electron chi connectivity index (χ0n) is 15.7. The van der Waals surface area contributed by atoms with Crippen LogP contribution in [0.5, 0.6) is 0 Å². The molecule has 0 amide bonds. The minimum absolute atomic E-state index is 0.263. The molecule has 144 valence electrons. The highest BCUT2D eigenvalue weighted by molar-refractivity contribution is 5.81. The summed E-state index contributed by atoms with van der Waals surface area (Å²) in [6, 6.07) is 15.4. The van der Waals surface area contributed by atoms with Crippen LogP contribution in [0.25, 0.3) is 28.2 Å². The molecule has 2 aliphatic heterocycles. The molecule has 0 unspecified atom stereocenters. The van der Waals surface area contributed by atoms with Gasteiger partial charge in [-0.1, -0.05) is 0 Å². The molecule has 2 aliphatic rings. The van der Waals surface area contributed by atoms with Crippen molar-refractivity contribution in [2.45, 2.75) is 18.5 Å². The molecule has 0 aliphatic carbocycles. The van der Waals surface area contributed by atoms with E-state index in [4.69, 9.17) is 10.1 Å². The molecule has 6 nitrogen and oxygen atoms in total. The van der Waals surface area contributed by atoms with Crippen molar-refractivity contribution in [2.75, 3.05) is 18.0 Å². The Morgan fingerprint density at radius 3 is 2.52 bits per heavy atom. The monoisotopic (exact) mass is 386 g/mol. The van der Waals surface area contributed by atoms with E-state index in [0.717, 1.165) is 47.1 Å². The van der Waals surface area contributed by atoms with Gasteiger partial charge in [0.05, 0.1) is 5.69 Å². The summed E-state index contributed by atoms with van der Waals surface area (Å²) in [4.78, 5) is 11.4. The molecule has 0 radical (unpaired) electrons. The summed E-state index contributed by atoms with van der Waals surface area (Å²) in [6.07, 6.45) is 4.69.